The first-order valence-corrected chi connectivity index (χ1v) is 7.90. The van der Waals surface area contributed by atoms with Gasteiger partial charge in [-0.15, -0.1) is 0 Å². The number of nitrogens with two attached hydrogens (primary N) is 1. The molecule has 4 heteroatoms. The molecule has 1 aliphatic rings. The van der Waals surface area contributed by atoms with Crippen LogP contribution in [0.15, 0.2) is 42.5 Å². The molecule has 0 saturated heterocycles. The molecule has 0 spiro atoms. The topological polar surface area (TPSA) is 29.3 Å². The second kappa shape index (κ2) is 6.04. The van der Waals surface area contributed by atoms with Crippen molar-refractivity contribution in [3.05, 3.63) is 58.6 Å². The van der Waals surface area contributed by atoms with Gasteiger partial charge >= 0.3 is 0 Å². The van der Waals surface area contributed by atoms with Crippen LogP contribution in [0.25, 0.3) is 0 Å². The quantitative estimate of drug-likeness (QED) is 0.830. The average molecular weight is 317 g/mol. The maximum atomic E-state index is 6.47. The van der Waals surface area contributed by atoms with E-state index < -0.39 is 0 Å². The van der Waals surface area contributed by atoms with Crippen molar-refractivity contribution in [2.24, 2.45) is 5.73 Å². The fourth-order valence-corrected chi connectivity index (χ4v) is 3.23. The zero-order valence-electron chi connectivity index (χ0n) is 11.7. The summed E-state index contributed by atoms with van der Waals surface area (Å²) in [4.78, 5) is 2.67. The maximum Gasteiger partial charge on any atom is 0.104 e. The van der Waals surface area contributed by atoms with E-state index in [0.29, 0.717) is 10.0 Å². The lowest BCUT2D eigenvalue weighted by molar-refractivity contribution is 0.761. The molecule has 3 rings (SSSR count). The number of hydrogen-bond acceptors (Lipinski definition) is 2. The summed E-state index contributed by atoms with van der Waals surface area (Å²) in [5, 5.41) is 0.692. The minimum Gasteiger partial charge on any atom is -0.389 e. The molecular formula is C17H17ClN2S. The Morgan fingerprint density at radius 2 is 1.90 bits per heavy atom. The second-order valence-electron chi connectivity index (χ2n) is 5.27. The smallest absolute Gasteiger partial charge is 0.104 e. The van der Waals surface area contributed by atoms with E-state index in [9.17, 15) is 0 Å². The van der Waals surface area contributed by atoms with Gasteiger partial charge in [-0.05, 0) is 49.1 Å². The Balaban J connectivity index is 2.06. The molecule has 2 aromatic carbocycles. The van der Waals surface area contributed by atoms with Crippen LogP contribution in [0.4, 0.5) is 11.4 Å². The van der Waals surface area contributed by atoms with Crippen molar-refractivity contribution < 1.29 is 0 Å². The van der Waals surface area contributed by atoms with Crippen LogP contribution in [0.3, 0.4) is 0 Å². The van der Waals surface area contributed by atoms with Crippen LogP contribution in [-0.4, -0.2) is 11.5 Å². The van der Waals surface area contributed by atoms with Crippen molar-refractivity contribution in [2.75, 3.05) is 11.4 Å². The molecule has 2 N–H and O–H groups in total. The lowest BCUT2D eigenvalue weighted by Crippen LogP contribution is -2.19. The fraction of sp³-hybridized carbons (Fsp3) is 0.235. The third-order valence-corrected chi connectivity index (χ3v) is 4.42. The Labute approximate surface area is 135 Å². The van der Waals surface area contributed by atoms with E-state index in [4.69, 9.17) is 29.6 Å². The first kappa shape index (κ1) is 14.4. The van der Waals surface area contributed by atoms with Crippen molar-refractivity contribution in [3.8, 4) is 0 Å². The van der Waals surface area contributed by atoms with Crippen LogP contribution in [0, 0.1) is 0 Å². The molecule has 0 radical (unpaired) electrons. The zero-order valence-corrected chi connectivity index (χ0v) is 13.3. The number of anilines is 2. The van der Waals surface area contributed by atoms with Gasteiger partial charge in [-0.25, -0.2) is 0 Å². The standard InChI is InChI=1S/C17H17ClN2S/c18-14-11-13(17(19)21)8-9-16(14)20-10-4-3-6-12-5-1-2-7-15(12)20/h1-2,5,7-9,11H,3-4,6,10H2,(H2,19,21). The van der Waals surface area contributed by atoms with E-state index >= 15 is 0 Å². The SMILES string of the molecule is NC(=S)c1ccc(N2CCCCc3ccccc32)c(Cl)c1. The summed E-state index contributed by atoms with van der Waals surface area (Å²) in [6, 6.07) is 14.3. The van der Waals surface area contributed by atoms with Gasteiger partial charge in [-0.2, -0.15) is 0 Å². The van der Waals surface area contributed by atoms with Crippen LogP contribution in [0.5, 0.6) is 0 Å². The molecule has 1 heterocycles. The number of halogens is 1. The van der Waals surface area contributed by atoms with Crippen LogP contribution in [0.1, 0.15) is 24.0 Å². The maximum absolute atomic E-state index is 6.47. The average Bonchev–Trinajstić information content (AvgIpc) is 2.69. The van der Waals surface area contributed by atoms with E-state index in [1.807, 2.05) is 18.2 Å². The number of fused-ring (bicyclic) bond motifs is 1. The number of thiocarbonyl (C=S) groups is 1. The predicted molar refractivity (Wildman–Crippen MR) is 93.7 cm³/mol. The van der Waals surface area contributed by atoms with Gasteiger partial charge in [0.05, 0.1) is 10.7 Å². The highest BCUT2D eigenvalue weighted by atomic mass is 35.5. The molecule has 0 aromatic heterocycles. The minimum absolute atomic E-state index is 0.375. The first-order chi connectivity index (χ1) is 10.2. The highest BCUT2D eigenvalue weighted by Crippen LogP contribution is 2.36. The largest absolute Gasteiger partial charge is 0.389 e. The molecule has 0 aliphatic carbocycles. The summed E-state index contributed by atoms with van der Waals surface area (Å²) in [6.07, 6.45) is 3.48. The molecule has 0 saturated carbocycles. The molecule has 108 valence electrons. The third kappa shape index (κ3) is 2.89. The van der Waals surface area contributed by atoms with Gasteiger partial charge in [0.2, 0.25) is 0 Å². The lowest BCUT2D eigenvalue weighted by atomic mass is 10.1. The van der Waals surface area contributed by atoms with Crippen LogP contribution in [0.2, 0.25) is 5.02 Å². The molecule has 0 fully saturated rings. The van der Waals surface area contributed by atoms with Gasteiger partial charge in [-0.1, -0.05) is 42.0 Å². The Bertz CT molecular complexity index is 684. The number of benzene rings is 2. The van der Waals surface area contributed by atoms with E-state index in [1.165, 1.54) is 17.7 Å². The number of aryl methyl sites for hydroxylation is 1. The molecule has 1 aliphatic heterocycles. The summed E-state index contributed by atoms with van der Waals surface area (Å²) >= 11 is 11.5. The van der Waals surface area contributed by atoms with Crippen molar-refractivity contribution in [3.63, 3.8) is 0 Å². The Kier molecular flexibility index (Phi) is 4.13. The molecular weight excluding hydrogens is 300 g/mol. The van der Waals surface area contributed by atoms with Crippen LogP contribution >= 0.6 is 23.8 Å². The molecule has 0 bridgehead atoms. The predicted octanol–water partition coefficient (Wildman–Crippen LogP) is 4.45. The number of nitrogens with zero attached hydrogens (tertiary/aromatic N) is 1. The summed E-state index contributed by atoms with van der Waals surface area (Å²) in [5.74, 6) is 0. The number of hydrogen-bond donors (Lipinski definition) is 1. The van der Waals surface area contributed by atoms with Crippen molar-refractivity contribution in [1.82, 2.24) is 0 Å². The summed E-state index contributed by atoms with van der Waals surface area (Å²) in [7, 11) is 0. The first-order valence-electron chi connectivity index (χ1n) is 7.11. The fourth-order valence-electron chi connectivity index (χ4n) is 2.82. The monoisotopic (exact) mass is 316 g/mol. The highest BCUT2D eigenvalue weighted by molar-refractivity contribution is 7.80. The number of para-hydroxylation sites is 1. The summed E-state index contributed by atoms with van der Waals surface area (Å²) in [6.45, 7) is 0.975. The zero-order chi connectivity index (χ0) is 14.8. The normalized spacial score (nSPS) is 14.4. The van der Waals surface area contributed by atoms with Crippen LogP contribution in [-0.2, 0) is 6.42 Å². The van der Waals surface area contributed by atoms with Crippen molar-refractivity contribution in [1.29, 1.82) is 0 Å². The molecule has 0 atom stereocenters. The van der Waals surface area contributed by atoms with Crippen molar-refractivity contribution >= 4 is 40.2 Å². The van der Waals surface area contributed by atoms with E-state index in [2.05, 4.69) is 29.2 Å². The minimum atomic E-state index is 0.375. The summed E-state index contributed by atoms with van der Waals surface area (Å²) < 4.78 is 0. The third-order valence-electron chi connectivity index (χ3n) is 3.88. The van der Waals surface area contributed by atoms with Gasteiger partial charge < -0.3 is 10.6 Å². The van der Waals surface area contributed by atoms with Gasteiger partial charge in [0.1, 0.15) is 4.99 Å². The molecule has 21 heavy (non-hydrogen) atoms. The summed E-state index contributed by atoms with van der Waals surface area (Å²) in [5.41, 5.74) is 10.1. The Hall–Kier alpha value is -1.58. The van der Waals surface area contributed by atoms with Crippen LogP contribution < -0.4 is 10.6 Å². The van der Waals surface area contributed by atoms with E-state index in [1.54, 1.807) is 0 Å². The molecule has 0 amide bonds. The second-order valence-corrected chi connectivity index (χ2v) is 6.11. The number of rotatable bonds is 2. The molecule has 0 unspecified atom stereocenters. The lowest BCUT2D eigenvalue weighted by Gasteiger charge is -2.26. The van der Waals surface area contributed by atoms with E-state index in [0.717, 1.165) is 30.6 Å². The molecule has 2 nitrogen and oxygen atoms in total. The Morgan fingerprint density at radius 1 is 1.10 bits per heavy atom. The van der Waals surface area contributed by atoms with E-state index in [-0.39, 0.29) is 0 Å². The van der Waals surface area contributed by atoms with Gasteiger partial charge in [0.15, 0.2) is 0 Å². The highest BCUT2D eigenvalue weighted by Gasteiger charge is 2.18. The Morgan fingerprint density at radius 3 is 2.67 bits per heavy atom. The molecule has 2 aromatic rings. The van der Waals surface area contributed by atoms with Crippen molar-refractivity contribution in [2.45, 2.75) is 19.3 Å². The van der Waals surface area contributed by atoms with Gasteiger partial charge in [0, 0.05) is 17.8 Å². The van der Waals surface area contributed by atoms with Gasteiger partial charge in [0.25, 0.3) is 0 Å². The van der Waals surface area contributed by atoms with Gasteiger partial charge in [-0.3, -0.25) is 0 Å².